The summed E-state index contributed by atoms with van der Waals surface area (Å²) in [6.45, 7) is 0. The average molecular weight is 319 g/mol. The van der Waals surface area contributed by atoms with E-state index in [4.69, 9.17) is 0 Å². The number of fused-ring (bicyclic) bond motifs is 3. The van der Waals surface area contributed by atoms with E-state index in [2.05, 4.69) is 0 Å². The second-order valence-electron chi connectivity index (χ2n) is 5.43. The summed E-state index contributed by atoms with van der Waals surface area (Å²) in [6, 6.07) is 19.4. The van der Waals surface area contributed by atoms with Gasteiger partial charge < -0.3 is 4.57 Å². The second kappa shape index (κ2) is 5.18. The molecule has 0 aliphatic carbocycles. The minimum Gasteiger partial charge on any atom is -0.311 e. The summed E-state index contributed by atoms with van der Waals surface area (Å²) in [4.78, 5) is 25.2. The highest BCUT2D eigenvalue weighted by Gasteiger charge is 2.14. The lowest BCUT2D eigenvalue weighted by Gasteiger charge is -2.11. The monoisotopic (exact) mass is 319 g/mol. The van der Waals surface area contributed by atoms with Gasteiger partial charge in [0.05, 0.1) is 5.69 Å². The van der Waals surface area contributed by atoms with Gasteiger partial charge in [-0.1, -0.05) is 59.9 Å². The topological polar surface area (TPSA) is 39.1 Å². The van der Waals surface area contributed by atoms with E-state index in [1.165, 1.54) is 0 Å². The molecule has 4 aromatic rings. The lowest BCUT2D eigenvalue weighted by atomic mass is 10.1. The van der Waals surface area contributed by atoms with Crippen LogP contribution in [0.4, 0.5) is 0 Å². The molecule has 0 amide bonds. The molecule has 3 nitrogen and oxygen atoms in total. The van der Waals surface area contributed by atoms with Crippen molar-refractivity contribution in [1.82, 2.24) is 4.57 Å². The fourth-order valence-corrected chi connectivity index (χ4v) is 3.86. The number of aromatic nitrogens is 1. The fourth-order valence-electron chi connectivity index (χ4n) is 2.92. The van der Waals surface area contributed by atoms with E-state index >= 15 is 0 Å². The molecule has 4 heteroatoms. The Balaban J connectivity index is 2.24. The van der Waals surface area contributed by atoms with E-state index in [0.717, 1.165) is 38.1 Å². The molecule has 0 unspecified atom stereocenters. The zero-order valence-corrected chi connectivity index (χ0v) is 13.3. The zero-order chi connectivity index (χ0) is 16.0. The fraction of sp³-hybridized carbons (Fsp3) is 0.0526. The van der Waals surface area contributed by atoms with E-state index < -0.39 is 0 Å². The predicted molar refractivity (Wildman–Crippen MR) is 96.3 cm³/mol. The molecule has 2 aromatic carbocycles. The molecule has 2 heterocycles. The smallest absolute Gasteiger partial charge is 0.263 e. The van der Waals surface area contributed by atoms with Crippen LogP contribution in [0, 0.1) is 0 Å². The molecule has 0 saturated carbocycles. The molecule has 0 N–H and O–H groups in total. The van der Waals surface area contributed by atoms with E-state index in [1.54, 1.807) is 11.6 Å². The van der Waals surface area contributed by atoms with Gasteiger partial charge in [0, 0.05) is 22.5 Å². The molecule has 0 aliphatic heterocycles. The number of rotatable bonds is 1. The number of hydrogen-bond acceptors (Lipinski definition) is 3. The summed E-state index contributed by atoms with van der Waals surface area (Å²) in [5, 5.41) is 1.95. The highest BCUT2D eigenvalue weighted by molar-refractivity contribution is 7.17. The SMILES string of the molecule is Cn1c(-c2ccccc2)cc2c(c(=O)sc3ccccc32)c1=O. The maximum Gasteiger partial charge on any atom is 0.263 e. The van der Waals surface area contributed by atoms with Crippen LogP contribution in [0.5, 0.6) is 0 Å². The summed E-state index contributed by atoms with van der Waals surface area (Å²) >= 11 is 1.13. The molecular weight excluding hydrogens is 306 g/mol. The van der Waals surface area contributed by atoms with Gasteiger partial charge in [-0.15, -0.1) is 0 Å². The van der Waals surface area contributed by atoms with Crippen LogP contribution >= 0.6 is 11.3 Å². The minimum absolute atomic E-state index is 0.182. The van der Waals surface area contributed by atoms with Crippen molar-refractivity contribution in [3.05, 3.63) is 80.6 Å². The van der Waals surface area contributed by atoms with Crippen LogP contribution in [0.3, 0.4) is 0 Å². The van der Waals surface area contributed by atoms with Gasteiger partial charge >= 0.3 is 0 Å². The van der Waals surface area contributed by atoms with Crippen LogP contribution in [0.25, 0.3) is 32.1 Å². The first-order valence-corrected chi connectivity index (χ1v) is 8.09. The molecular formula is C19H13NO2S. The van der Waals surface area contributed by atoms with E-state index in [1.807, 2.05) is 60.7 Å². The maximum absolute atomic E-state index is 12.8. The van der Waals surface area contributed by atoms with Gasteiger partial charge in [0.1, 0.15) is 5.39 Å². The van der Waals surface area contributed by atoms with Gasteiger partial charge in [-0.2, -0.15) is 0 Å². The number of pyridine rings is 1. The summed E-state index contributed by atoms with van der Waals surface area (Å²) in [5.41, 5.74) is 1.52. The van der Waals surface area contributed by atoms with Gasteiger partial charge in [0.25, 0.3) is 5.56 Å². The van der Waals surface area contributed by atoms with Gasteiger partial charge in [0.15, 0.2) is 0 Å². The van der Waals surface area contributed by atoms with Crippen LogP contribution in [-0.2, 0) is 7.05 Å². The van der Waals surface area contributed by atoms with E-state index in [0.29, 0.717) is 0 Å². The lowest BCUT2D eigenvalue weighted by Crippen LogP contribution is -2.22. The summed E-state index contributed by atoms with van der Waals surface area (Å²) < 4.78 is 2.27. The lowest BCUT2D eigenvalue weighted by molar-refractivity contribution is 0.883. The van der Waals surface area contributed by atoms with E-state index in [-0.39, 0.29) is 15.7 Å². The van der Waals surface area contributed by atoms with Crippen LogP contribution in [0.2, 0.25) is 0 Å². The molecule has 0 spiro atoms. The summed E-state index contributed by atoms with van der Waals surface area (Å²) in [7, 11) is 1.71. The first kappa shape index (κ1) is 13.9. The second-order valence-corrected chi connectivity index (χ2v) is 6.45. The van der Waals surface area contributed by atoms with Gasteiger partial charge in [-0.05, 0) is 17.7 Å². The highest BCUT2D eigenvalue weighted by Crippen LogP contribution is 2.27. The Morgan fingerprint density at radius 1 is 0.870 bits per heavy atom. The third kappa shape index (κ3) is 2.11. The molecule has 0 fully saturated rings. The molecule has 112 valence electrons. The quantitative estimate of drug-likeness (QED) is 0.501. The molecule has 4 rings (SSSR count). The minimum atomic E-state index is -0.242. The van der Waals surface area contributed by atoms with Crippen LogP contribution in [-0.4, -0.2) is 4.57 Å². The van der Waals surface area contributed by atoms with Crippen molar-refractivity contribution in [3.8, 4) is 11.3 Å². The van der Waals surface area contributed by atoms with Crippen LogP contribution in [0.15, 0.2) is 70.3 Å². The van der Waals surface area contributed by atoms with Gasteiger partial charge in [0.2, 0.25) is 4.74 Å². The molecule has 0 aliphatic rings. The molecule has 0 saturated heterocycles. The first-order valence-electron chi connectivity index (χ1n) is 7.28. The van der Waals surface area contributed by atoms with Crippen molar-refractivity contribution in [2.75, 3.05) is 0 Å². The Kier molecular flexibility index (Phi) is 3.13. The Hall–Kier alpha value is -2.72. The van der Waals surface area contributed by atoms with Crippen molar-refractivity contribution < 1.29 is 0 Å². The zero-order valence-electron chi connectivity index (χ0n) is 12.4. The average Bonchev–Trinajstić information content (AvgIpc) is 2.58. The van der Waals surface area contributed by atoms with Crippen molar-refractivity contribution in [2.24, 2.45) is 7.05 Å². The van der Waals surface area contributed by atoms with Crippen molar-refractivity contribution >= 4 is 32.2 Å². The Bertz CT molecular complexity index is 1160. The number of hydrogen-bond donors (Lipinski definition) is 0. The Labute approximate surface area is 136 Å². The Morgan fingerprint density at radius 2 is 1.57 bits per heavy atom. The molecule has 23 heavy (non-hydrogen) atoms. The van der Waals surface area contributed by atoms with Crippen LogP contribution < -0.4 is 10.3 Å². The summed E-state index contributed by atoms with van der Waals surface area (Å²) in [6.07, 6.45) is 0. The molecule has 2 aromatic heterocycles. The number of benzene rings is 2. The standard InChI is InChI=1S/C19H13NO2S/c1-20-15(12-7-3-2-4-8-12)11-14-13-9-5-6-10-16(13)23-19(22)17(14)18(20)21/h2-11H,1H3. The normalized spacial score (nSPS) is 11.2. The largest absolute Gasteiger partial charge is 0.311 e. The van der Waals surface area contributed by atoms with Gasteiger partial charge in [-0.3, -0.25) is 9.59 Å². The molecule has 0 radical (unpaired) electrons. The van der Waals surface area contributed by atoms with Crippen molar-refractivity contribution in [1.29, 1.82) is 0 Å². The molecule has 0 atom stereocenters. The van der Waals surface area contributed by atoms with Gasteiger partial charge in [-0.25, -0.2) is 0 Å². The van der Waals surface area contributed by atoms with Crippen molar-refractivity contribution in [3.63, 3.8) is 0 Å². The molecule has 0 bridgehead atoms. The highest BCUT2D eigenvalue weighted by atomic mass is 32.1. The van der Waals surface area contributed by atoms with Crippen molar-refractivity contribution in [2.45, 2.75) is 0 Å². The third-order valence-corrected chi connectivity index (χ3v) is 5.05. The third-order valence-electron chi connectivity index (χ3n) is 4.08. The van der Waals surface area contributed by atoms with E-state index in [9.17, 15) is 9.59 Å². The predicted octanol–water partition coefficient (Wildman–Crippen LogP) is 3.78. The maximum atomic E-state index is 12.8. The Morgan fingerprint density at radius 3 is 2.35 bits per heavy atom. The summed E-state index contributed by atoms with van der Waals surface area (Å²) in [5.74, 6) is 0. The first-order chi connectivity index (χ1) is 11.2. The van der Waals surface area contributed by atoms with Crippen LogP contribution in [0.1, 0.15) is 0 Å². The number of nitrogens with zero attached hydrogens (tertiary/aromatic N) is 1.